The third-order valence-corrected chi connectivity index (χ3v) is 8.65. The van der Waals surface area contributed by atoms with Crippen molar-refractivity contribution in [3.63, 3.8) is 0 Å². The maximum absolute atomic E-state index is 13.0. The van der Waals surface area contributed by atoms with Crippen LogP contribution in [0, 0.1) is 11.3 Å². The van der Waals surface area contributed by atoms with Gasteiger partial charge in [-0.1, -0.05) is 29.3 Å². The van der Waals surface area contributed by atoms with E-state index in [0.29, 0.717) is 16.5 Å². The maximum atomic E-state index is 13.0. The fourth-order valence-corrected chi connectivity index (χ4v) is 6.30. The van der Waals surface area contributed by atoms with Crippen LogP contribution in [0.5, 0.6) is 11.5 Å². The Morgan fingerprint density at radius 3 is 2.42 bits per heavy atom. The van der Waals surface area contributed by atoms with Crippen molar-refractivity contribution in [2.75, 3.05) is 5.32 Å². The number of halogens is 2. The molecular formula is C28H24Cl2N4O3S. The molecule has 4 aromatic rings. The molecule has 1 heterocycles. The fraction of sp³-hybridized carbons (Fsp3) is 0.214. The number of hydrogen-bond donors (Lipinski definition) is 2. The van der Waals surface area contributed by atoms with E-state index < -0.39 is 10.0 Å². The summed E-state index contributed by atoms with van der Waals surface area (Å²) in [6.07, 6.45) is 4.86. The summed E-state index contributed by atoms with van der Waals surface area (Å²) in [6.45, 7) is 0. The van der Waals surface area contributed by atoms with E-state index in [4.69, 9.17) is 27.9 Å². The first-order valence-corrected chi connectivity index (χ1v) is 14.4. The highest BCUT2D eigenvalue weighted by atomic mass is 35.5. The van der Waals surface area contributed by atoms with Crippen LogP contribution in [0.2, 0.25) is 10.0 Å². The Kier molecular flexibility index (Phi) is 7.73. The highest BCUT2D eigenvalue weighted by molar-refractivity contribution is 7.89. The molecule has 0 radical (unpaired) electrons. The van der Waals surface area contributed by atoms with Crippen molar-refractivity contribution in [3.8, 4) is 17.6 Å². The highest BCUT2D eigenvalue weighted by Gasteiger charge is 2.26. The van der Waals surface area contributed by atoms with Gasteiger partial charge in [0.05, 0.1) is 15.4 Å². The number of hydrogen-bond acceptors (Lipinski definition) is 6. The predicted molar refractivity (Wildman–Crippen MR) is 149 cm³/mol. The average Bonchev–Trinajstić information content (AvgIpc) is 2.90. The van der Waals surface area contributed by atoms with Crippen LogP contribution in [0.4, 0.5) is 5.69 Å². The summed E-state index contributed by atoms with van der Waals surface area (Å²) in [7, 11) is -3.70. The van der Waals surface area contributed by atoms with E-state index in [1.54, 1.807) is 36.5 Å². The number of nitrogens with zero attached hydrogens (tertiary/aromatic N) is 2. The lowest BCUT2D eigenvalue weighted by molar-refractivity contribution is 0.387. The van der Waals surface area contributed by atoms with Crippen molar-refractivity contribution in [3.05, 3.63) is 88.5 Å². The lowest BCUT2D eigenvalue weighted by Crippen LogP contribution is -2.40. The molecule has 2 N–H and O–H groups in total. The van der Waals surface area contributed by atoms with Gasteiger partial charge in [0, 0.05) is 34.4 Å². The maximum Gasteiger partial charge on any atom is 0.240 e. The van der Waals surface area contributed by atoms with Crippen molar-refractivity contribution in [1.82, 2.24) is 9.71 Å². The molecule has 1 fully saturated rings. The normalized spacial score (nSPS) is 17.6. The first kappa shape index (κ1) is 26.3. The Morgan fingerprint density at radius 1 is 0.947 bits per heavy atom. The zero-order valence-corrected chi connectivity index (χ0v) is 22.5. The van der Waals surface area contributed by atoms with Crippen LogP contribution in [-0.2, 0) is 10.0 Å². The Hall–Kier alpha value is -3.35. The van der Waals surface area contributed by atoms with Gasteiger partial charge in [0.15, 0.2) is 0 Å². The first-order valence-electron chi connectivity index (χ1n) is 12.1. The Labute approximate surface area is 231 Å². The molecule has 1 aliphatic rings. The van der Waals surface area contributed by atoms with E-state index >= 15 is 0 Å². The van der Waals surface area contributed by atoms with E-state index in [1.807, 2.05) is 30.3 Å². The van der Waals surface area contributed by atoms with Crippen LogP contribution >= 0.6 is 23.2 Å². The molecule has 0 spiro atoms. The summed E-state index contributed by atoms with van der Waals surface area (Å²) < 4.78 is 34.6. The summed E-state index contributed by atoms with van der Waals surface area (Å²) in [4.78, 5) is 4.54. The van der Waals surface area contributed by atoms with E-state index in [0.717, 1.165) is 42.3 Å². The third kappa shape index (κ3) is 5.87. The molecule has 3 aromatic carbocycles. The van der Waals surface area contributed by atoms with E-state index in [2.05, 4.69) is 15.0 Å². The molecule has 1 saturated carbocycles. The second kappa shape index (κ2) is 11.2. The van der Waals surface area contributed by atoms with Crippen molar-refractivity contribution in [2.45, 2.75) is 42.7 Å². The number of benzene rings is 3. The summed E-state index contributed by atoms with van der Waals surface area (Å²) >= 11 is 12.1. The summed E-state index contributed by atoms with van der Waals surface area (Å²) in [6, 6.07) is 20.7. The van der Waals surface area contributed by atoms with Gasteiger partial charge in [0.2, 0.25) is 10.0 Å². The lowest BCUT2D eigenvalue weighted by Gasteiger charge is -2.30. The van der Waals surface area contributed by atoms with Gasteiger partial charge in [0.1, 0.15) is 23.1 Å². The molecule has 1 aliphatic carbocycles. The zero-order valence-electron chi connectivity index (χ0n) is 20.2. The molecule has 5 rings (SSSR count). The number of ether oxygens (including phenoxy) is 1. The van der Waals surface area contributed by atoms with Crippen LogP contribution in [0.25, 0.3) is 10.9 Å². The standard InChI is InChI=1S/C28H24Cl2N4O3S/c29-18-4-13-23-26(14-15-32-27(23)16-18)33-19-5-7-20(8-6-19)34-38(35,36)22-11-9-21(10-12-22)37-28-3-1-2-25(30)24(28)17-31/h1-4,9-16,19-20,34H,5-8H2,(H,32,33). The number of anilines is 1. The van der Waals surface area contributed by atoms with E-state index in [1.165, 1.54) is 12.1 Å². The van der Waals surface area contributed by atoms with Crippen LogP contribution < -0.4 is 14.8 Å². The molecule has 7 nitrogen and oxygen atoms in total. The van der Waals surface area contributed by atoms with Gasteiger partial charge in [-0.05, 0) is 86.3 Å². The van der Waals surface area contributed by atoms with Gasteiger partial charge < -0.3 is 10.1 Å². The van der Waals surface area contributed by atoms with Crippen molar-refractivity contribution >= 4 is 49.8 Å². The minimum Gasteiger partial charge on any atom is -0.456 e. The van der Waals surface area contributed by atoms with E-state index in [-0.39, 0.29) is 27.6 Å². The fourth-order valence-electron chi connectivity index (χ4n) is 4.62. The largest absolute Gasteiger partial charge is 0.456 e. The van der Waals surface area contributed by atoms with Gasteiger partial charge in [-0.25, -0.2) is 13.1 Å². The number of aromatic nitrogens is 1. The Balaban J connectivity index is 1.18. The third-order valence-electron chi connectivity index (χ3n) is 6.56. The minimum atomic E-state index is -3.70. The van der Waals surface area contributed by atoms with Crippen LogP contribution in [0.15, 0.2) is 77.8 Å². The van der Waals surface area contributed by atoms with E-state index in [9.17, 15) is 13.7 Å². The van der Waals surface area contributed by atoms with Crippen molar-refractivity contribution < 1.29 is 13.2 Å². The molecule has 0 atom stereocenters. The highest BCUT2D eigenvalue weighted by Crippen LogP contribution is 2.31. The first-order chi connectivity index (χ1) is 18.3. The van der Waals surface area contributed by atoms with Crippen LogP contribution in [-0.4, -0.2) is 25.5 Å². The molecule has 0 aliphatic heterocycles. The Morgan fingerprint density at radius 2 is 1.68 bits per heavy atom. The van der Waals surface area contributed by atoms with Gasteiger partial charge in [-0.3, -0.25) is 4.98 Å². The SMILES string of the molecule is N#Cc1c(Cl)cccc1Oc1ccc(S(=O)(=O)NC2CCC(Nc3ccnc4cc(Cl)ccc34)CC2)cc1. The molecule has 38 heavy (non-hydrogen) atoms. The molecule has 10 heteroatoms. The molecule has 194 valence electrons. The summed E-state index contributed by atoms with van der Waals surface area (Å²) in [5, 5.41) is 14.8. The molecule has 1 aromatic heterocycles. The topological polar surface area (TPSA) is 104 Å². The second-order valence-corrected chi connectivity index (χ2v) is 11.7. The van der Waals surface area contributed by atoms with Gasteiger partial charge in [0.25, 0.3) is 0 Å². The van der Waals surface area contributed by atoms with Crippen molar-refractivity contribution in [2.24, 2.45) is 0 Å². The Bertz CT molecular complexity index is 1610. The number of rotatable bonds is 7. The average molecular weight is 567 g/mol. The molecule has 0 unspecified atom stereocenters. The molecule has 0 amide bonds. The second-order valence-electron chi connectivity index (χ2n) is 9.13. The van der Waals surface area contributed by atoms with Crippen molar-refractivity contribution in [1.29, 1.82) is 5.26 Å². The van der Waals surface area contributed by atoms with Crippen LogP contribution in [0.1, 0.15) is 31.2 Å². The number of nitrogens with one attached hydrogen (secondary N) is 2. The lowest BCUT2D eigenvalue weighted by atomic mass is 9.91. The van der Waals surface area contributed by atoms with Gasteiger partial charge >= 0.3 is 0 Å². The quantitative estimate of drug-likeness (QED) is 0.252. The molecular weight excluding hydrogens is 543 g/mol. The van der Waals surface area contributed by atoms with Gasteiger partial charge in [-0.2, -0.15) is 5.26 Å². The zero-order chi connectivity index (χ0) is 26.7. The monoisotopic (exact) mass is 566 g/mol. The van der Waals surface area contributed by atoms with Gasteiger partial charge in [-0.15, -0.1) is 0 Å². The molecule has 0 bridgehead atoms. The molecule has 0 saturated heterocycles. The number of sulfonamides is 1. The number of fused-ring (bicyclic) bond motifs is 1. The number of nitriles is 1. The summed E-state index contributed by atoms with van der Waals surface area (Å²) in [5.74, 6) is 0.711. The smallest absolute Gasteiger partial charge is 0.240 e. The predicted octanol–water partition coefficient (Wildman–Crippen LogP) is 6.91. The van der Waals surface area contributed by atoms with Crippen LogP contribution in [0.3, 0.4) is 0 Å². The summed E-state index contributed by atoms with van der Waals surface area (Å²) in [5.41, 5.74) is 2.05. The minimum absolute atomic E-state index is 0.147. The number of pyridine rings is 1.